The molecule has 2 nitrogen and oxygen atoms in total. The molecule has 14 heavy (non-hydrogen) atoms. The van der Waals surface area contributed by atoms with Crippen molar-refractivity contribution in [3.05, 3.63) is 23.8 Å². The third-order valence-electron chi connectivity index (χ3n) is 2.36. The fourth-order valence-corrected chi connectivity index (χ4v) is 1.69. The van der Waals surface area contributed by atoms with E-state index in [4.69, 9.17) is 9.47 Å². The van der Waals surface area contributed by atoms with Crippen molar-refractivity contribution in [1.29, 1.82) is 0 Å². The summed E-state index contributed by atoms with van der Waals surface area (Å²) in [5.41, 5.74) is 1.30. The van der Waals surface area contributed by atoms with Gasteiger partial charge in [-0.3, -0.25) is 0 Å². The van der Waals surface area contributed by atoms with Gasteiger partial charge in [-0.1, -0.05) is 32.9 Å². The first-order valence-electron chi connectivity index (χ1n) is 4.95. The zero-order valence-electron chi connectivity index (χ0n) is 9.13. The van der Waals surface area contributed by atoms with E-state index in [0.29, 0.717) is 0 Å². The number of para-hydroxylation sites is 1. The highest BCUT2D eigenvalue weighted by Crippen LogP contribution is 2.42. The molecule has 1 heterocycles. The maximum Gasteiger partial charge on any atom is 0.238 e. The fourth-order valence-electron chi connectivity index (χ4n) is 1.69. The lowest BCUT2D eigenvalue weighted by atomic mass is 9.86. The van der Waals surface area contributed by atoms with Crippen LogP contribution in [0.3, 0.4) is 0 Å². The monoisotopic (exact) mass is 192 g/mol. The highest BCUT2D eigenvalue weighted by molar-refractivity contribution is 5.51. The van der Waals surface area contributed by atoms with Crippen molar-refractivity contribution in [2.45, 2.75) is 39.4 Å². The van der Waals surface area contributed by atoms with Crippen molar-refractivity contribution in [2.24, 2.45) is 0 Å². The van der Waals surface area contributed by atoms with Crippen LogP contribution in [0, 0.1) is 0 Å². The van der Waals surface area contributed by atoms with Crippen molar-refractivity contribution >= 4 is 0 Å². The first-order valence-corrected chi connectivity index (χ1v) is 4.95. The summed E-state index contributed by atoms with van der Waals surface area (Å²) < 4.78 is 11.2. The van der Waals surface area contributed by atoms with E-state index >= 15 is 0 Å². The third-order valence-corrected chi connectivity index (χ3v) is 2.36. The van der Waals surface area contributed by atoms with Gasteiger partial charge >= 0.3 is 0 Å². The number of hydrogen-bond donors (Lipinski definition) is 0. The largest absolute Gasteiger partial charge is 0.451 e. The van der Waals surface area contributed by atoms with Gasteiger partial charge in [0.2, 0.25) is 6.29 Å². The molecule has 0 aromatic heterocycles. The predicted octanol–water partition coefficient (Wildman–Crippen LogP) is 3.10. The van der Waals surface area contributed by atoms with Crippen molar-refractivity contribution in [3.63, 3.8) is 0 Å². The molecule has 1 aliphatic heterocycles. The van der Waals surface area contributed by atoms with Crippen molar-refractivity contribution in [1.82, 2.24) is 0 Å². The highest BCUT2D eigenvalue weighted by atomic mass is 16.7. The van der Waals surface area contributed by atoms with E-state index in [1.165, 1.54) is 5.56 Å². The van der Waals surface area contributed by atoms with Crippen molar-refractivity contribution in [3.8, 4) is 11.5 Å². The molecule has 76 valence electrons. The molecule has 2 rings (SSSR count). The van der Waals surface area contributed by atoms with Crippen LogP contribution in [0.25, 0.3) is 0 Å². The fraction of sp³-hybridized carbons (Fsp3) is 0.500. The third kappa shape index (κ3) is 1.45. The van der Waals surface area contributed by atoms with Gasteiger partial charge in [-0.05, 0) is 11.5 Å². The molecule has 1 aromatic rings. The van der Waals surface area contributed by atoms with Crippen LogP contribution < -0.4 is 9.47 Å². The minimum absolute atomic E-state index is 0.0960. The number of ether oxygens (including phenoxy) is 2. The maximum absolute atomic E-state index is 5.64. The van der Waals surface area contributed by atoms with Gasteiger partial charge in [0, 0.05) is 12.5 Å². The average Bonchev–Trinajstić information content (AvgIpc) is 2.41. The summed E-state index contributed by atoms with van der Waals surface area (Å²) in [7, 11) is 0. The minimum atomic E-state index is -0.159. The number of fused-ring (bicyclic) bond motifs is 1. The minimum Gasteiger partial charge on any atom is -0.451 e. The van der Waals surface area contributed by atoms with E-state index in [0.717, 1.165) is 11.5 Å². The van der Waals surface area contributed by atoms with Crippen molar-refractivity contribution in [2.75, 3.05) is 0 Å². The summed E-state index contributed by atoms with van der Waals surface area (Å²) in [6, 6.07) is 6.06. The van der Waals surface area contributed by atoms with Crippen LogP contribution >= 0.6 is 0 Å². The molecule has 0 fully saturated rings. The molecular formula is C12H16O2. The molecule has 0 amide bonds. The molecular weight excluding hydrogens is 176 g/mol. The Morgan fingerprint density at radius 2 is 1.86 bits per heavy atom. The predicted molar refractivity (Wildman–Crippen MR) is 55.9 cm³/mol. The zero-order valence-corrected chi connectivity index (χ0v) is 9.13. The Kier molecular flexibility index (Phi) is 1.95. The van der Waals surface area contributed by atoms with E-state index in [2.05, 4.69) is 26.8 Å². The molecule has 0 N–H and O–H groups in total. The molecule has 1 aromatic carbocycles. The van der Waals surface area contributed by atoms with Gasteiger partial charge in [0.1, 0.15) is 0 Å². The summed E-state index contributed by atoms with van der Waals surface area (Å²) in [5, 5.41) is 0. The van der Waals surface area contributed by atoms with Crippen LogP contribution in [0.15, 0.2) is 18.2 Å². The average molecular weight is 192 g/mol. The molecule has 1 aliphatic rings. The summed E-state index contributed by atoms with van der Waals surface area (Å²) in [4.78, 5) is 0. The SMILES string of the molecule is CC1Oc2cccc(C(C)(C)C)c2O1. The van der Waals surface area contributed by atoms with E-state index in [1.807, 2.05) is 19.1 Å². The second-order valence-corrected chi connectivity index (χ2v) is 4.69. The van der Waals surface area contributed by atoms with Gasteiger partial charge in [0.05, 0.1) is 0 Å². The lowest BCUT2D eigenvalue weighted by Gasteiger charge is -2.20. The number of benzene rings is 1. The summed E-state index contributed by atoms with van der Waals surface area (Å²) >= 11 is 0. The molecule has 0 aliphatic carbocycles. The van der Waals surface area contributed by atoms with Crippen LogP contribution in [0.1, 0.15) is 33.3 Å². The molecule has 1 unspecified atom stereocenters. The molecule has 2 heteroatoms. The van der Waals surface area contributed by atoms with Crippen LogP contribution in [-0.2, 0) is 5.41 Å². The van der Waals surface area contributed by atoms with E-state index < -0.39 is 0 Å². The second kappa shape index (κ2) is 2.91. The van der Waals surface area contributed by atoms with Crippen LogP contribution in [0.4, 0.5) is 0 Å². The van der Waals surface area contributed by atoms with Gasteiger partial charge in [0.15, 0.2) is 11.5 Å². The number of hydrogen-bond acceptors (Lipinski definition) is 2. The standard InChI is InChI=1S/C12H16O2/c1-8-13-10-7-5-6-9(11(10)14-8)12(2,3)4/h5-8H,1-4H3. The van der Waals surface area contributed by atoms with E-state index in [1.54, 1.807) is 0 Å². The first kappa shape index (κ1) is 9.38. The number of rotatable bonds is 0. The van der Waals surface area contributed by atoms with Gasteiger partial charge in [-0.15, -0.1) is 0 Å². The van der Waals surface area contributed by atoms with Crippen LogP contribution in [0.5, 0.6) is 11.5 Å². The molecule has 0 saturated carbocycles. The molecule has 1 atom stereocenters. The van der Waals surface area contributed by atoms with Gasteiger partial charge < -0.3 is 9.47 Å². The van der Waals surface area contributed by atoms with Crippen LogP contribution in [-0.4, -0.2) is 6.29 Å². The van der Waals surface area contributed by atoms with Crippen molar-refractivity contribution < 1.29 is 9.47 Å². The molecule has 0 spiro atoms. The Bertz CT molecular complexity index is 350. The lowest BCUT2D eigenvalue weighted by Crippen LogP contribution is -2.14. The molecule has 0 bridgehead atoms. The first-order chi connectivity index (χ1) is 6.48. The summed E-state index contributed by atoms with van der Waals surface area (Å²) in [5.74, 6) is 1.78. The summed E-state index contributed by atoms with van der Waals surface area (Å²) in [6.45, 7) is 8.44. The Morgan fingerprint density at radius 3 is 2.50 bits per heavy atom. The van der Waals surface area contributed by atoms with E-state index in [-0.39, 0.29) is 11.7 Å². The Balaban J connectivity index is 2.50. The zero-order chi connectivity index (χ0) is 10.3. The molecule has 0 saturated heterocycles. The maximum atomic E-state index is 5.64. The van der Waals surface area contributed by atoms with Gasteiger partial charge in [-0.2, -0.15) is 0 Å². The van der Waals surface area contributed by atoms with Crippen LogP contribution in [0.2, 0.25) is 0 Å². The quantitative estimate of drug-likeness (QED) is 0.628. The van der Waals surface area contributed by atoms with E-state index in [9.17, 15) is 0 Å². The highest BCUT2D eigenvalue weighted by Gasteiger charge is 2.28. The normalized spacial score (nSPS) is 19.9. The Labute approximate surface area is 84.8 Å². The second-order valence-electron chi connectivity index (χ2n) is 4.69. The lowest BCUT2D eigenvalue weighted by molar-refractivity contribution is 0.0669. The molecule has 0 radical (unpaired) electrons. The summed E-state index contributed by atoms with van der Waals surface area (Å²) in [6.07, 6.45) is -0.159. The topological polar surface area (TPSA) is 18.5 Å². The van der Waals surface area contributed by atoms with Gasteiger partial charge in [0.25, 0.3) is 0 Å². The Hall–Kier alpha value is -1.18. The smallest absolute Gasteiger partial charge is 0.238 e. The Morgan fingerprint density at radius 1 is 1.14 bits per heavy atom. The van der Waals surface area contributed by atoms with Gasteiger partial charge in [-0.25, -0.2) is 0 Å².